The number of hydrogen-bond acceptors (Lipinski definition) is 2. The van der Waals surface area contributed by atoms with Crippen molar-refractivity contribution in [2.75, 3.05) is 11.9 Å². The number of halogens is 1. The molecule has 2 atom stereocenters. The van der Waals surface area contributed by atoms with Gasteiger partial charge in [-0.15, -0.1) is 0 Å². The summed E-state index contributed by atoms with van der Waals surface area (Å²) in [5.74, 6) is 1.05. The van der Waals surface area contributed by atoms with Crippen molar-refractivity contribution in [1.82, 2.24) is 0 Å². The first-order valence-corrected chi connectivity index (χ1v) is 8.35. The van der Waals surface area contributed by atoms with Gasteiger partial charge in [-0.05, 0) is 42.5 Å². The van der Waals surface area contributed by atoms with Crippen LogP contribution in [-0.2, 0) is 4.79 Å². The Balaban J connectivity index is 1.61. The van der Waals surface area contributed by atoms with Gasteiger partial charge in [-0.2, -0.15) is 0 Å². The predicted octanol–water partition coefficient (Wildman–Crippen LogP) is 4.87. The van der Waals surface area contributed by atoms with E-state index in [1.807, 2.05) is 48.5 Å². The van der Waals surface area contributed by atoms with Gasteiger partial charge in [-0.1, -0.05) is 42.8 Å². The molecule has 0 radical (unpaired) electrons. The first kappa shape index (κ1) is 15.9. The topological polar surface area (TPSA) is 38.3 Å². The third-order valence-electron chi connectivity index (χ3n) is 4.01. The van der Waals surface area contributed by atoms with E-state index >= 15 is 0 Å². The minimum atomic E-state index is -0.00452. The first-order valence-electron chi connectivity index (χ1n) is 7.97. The van der Waals surface area contributed by atoms with Crippen LogP contribution in [0.4, 0.5) is 5.69 Å². The summed E-state index contributed by atoms with van der Waals surface area (Å²) in [7, 11) is 0. The highest BCUT2D eigenvalue weighted by atomic mass is 35.5. The molecular weight excluding hydrogens is 310 g/mol. The third kappa shape index (κ3) is 3.85. The summed E-state index contributed by atoms with van der Waals surface area (Å²) in [5.41, 5.74) is 1.84. The van der Waals surface area contributed by atoms with Gasteiger partial charge in [0.1, 0.15) is 5.75 Å². The second-order valence-corrected chi connectivity index (χ2v) is 6.24. The van der Waals surface area contributed by atoms with E-state index in [1.165, 1.54) is 0 Å². The zero-order chi connectivity index (χ0) is 16.2. The first-order chi connectivity index (χ1) is 11.2. The summed E-state index contributed by atoms with van der Waals surface area (Å²) >= 11 is 6.21. The molecule has 3 rings (SSSR count). The molecule has 0 bridgehead atoms. The van der Waals surface area contributed by atoms with Crippen LogP contribution in [0.15, 0.2) is 48.5 Å². The molecule has 0 heterocycles. The molecule has 1 aliphatic carbocycles. The van der Waals surface area contributed by atoms with Gasteiger partial charge in [-0.3, -0.25) is 4.79 Å². The molecule has 23 heavy (non-hydrogen) atoms. The summed E-state index contributed by atoms with van der Waals surface area (Å²) in [5, 5.41) is 3.72. The van der Waals surface area contributed by atoms with Crippen molar-refractivity contribution in [1.29, 1.82) is 0 Å². The third-order valence-corrected chi connectivity index (χ3v) is 4.35. The lowest BCUT2D eigenvalue weighted by Gasteiger charge is -2.09. The van der Waals surface area contributed by atoms with E-state index in [1.54, 1.807) is 0 Å². The van der Waals surface area contributed by atoms with E-state index in [4.69, 9.17) is 16.3 Å². The molecule has 120 valence electrons. The van der Waals surface area contributed by atoms with E-state index in [-0.39, 0.29) is 17.7 Å². The fourth-order valence-electron chi connectivity index (χ4n) is 2.72. The lowest BCUT2D eigenvalue weighted by Crippen LogP contribution is -2.14. The standard InChI is InChI=1S/C19H20ClNO2/c1-2-10-23-14-7-5-6-13(11-14)21-19(22)17-12-16(17)15-8-3-4-9-18(15)20/h3-9,11,16-17H,2,10,12H2,1H3,(H,21,22). The van der Waals surface area contributed by atoms with Crippen molar-refractivity contribution in [2.24, 2.45) is 5.92 Å². The predicted molar refractivity (Wildman–Crippen MR) is 93.2 cm³/mol. The van der Waals surface area contributed by atoms with Crippen LogP contribution in [0.1, 0.15) is 31.2 Å². The summed E-state index contributed by atoms with van der Waals surface area (Å²) < 4.78 is 5.59. The van der Waals surface area contributed by atoms with Crippen LogP contribution in [0.5, 0.6) is 5.75 Å². The fourth-order valence-corrected chi connectivity index (χ4v) is 3.00. The van der Waals surface area contributed by atoms with Crippen molar-refractivity contribution in [3.05, 3.63) is 59.1 Å². The molecule has 2 aromatic rings. The quantitative estimate of drug-likeness (QED) is 0.821. The number of benzene rings is 2. The number of nitrogens with one attached hydrogen (secondary N) is 1. The minimum absolute atomic E-state index is 0.00452. The zero-order valence-electron chi connectivity index (χ0n) is 13.1. The number of amides is 1. The molecule has 3 nitrogen and oxygen atoms in total. The molecule has 0 aliphatic heterocycles. The summed E-state index contributed by atoms with van der Waals surface area (Å²) in [6, 6.07) is 15.3. The maximum atomic E-state index is 12.4. The second-order valence-electron chi connectivity index (χ2n) is 5.84. The van der Waals surface area contributed by atoms with Crippen LogP contribution in [-0.4, -0.2) is 12.5 Å². The molecule has 1 fully saturated rings. The van der Waals surface area contributed by atoms with Gasteiger partial charge in [-0.25, -0.2) is 0 Å². The Morgan fingerprint density at radius 2 is 2.09 bits per heavy atom. The number of ether oxygens (including phenoxy) is 1. The Hall–Kier alpha value is -2.00. The van der Waals surface area contributed by atoms with E-state index in [0.29, 0.717) is 6.61 Å². The van der Waals surface area contributed by atoms with Gasteiger partial charge >= 0.3 is 0 Å². The highest BCUT2D eigenvalue weighted by molar-refractivity contribution is 6.31. The van der Waals surface area contributed by atoms with E-state index in [2.05, 4.69) is 12.2 Å². The van der Waals surface area contributed by atoms with Gasteiger partial charge < -0.3 is 10.1 Å². The normalized spacial score (nSPS) is 19.2. The Morgan fingerprint density at radius 1 is 1.26 bits per heavy atom. The molecule has 2 unspecified atom stereocenters. The molecule has 2 aromatic carbocycles. The SMILES string of the molecule is CCCOc1cccc(NC(=O)C2CC2c2ccccc2Cl)c1. The molecule has 0 saturated heterocycles. The fraction of sp³-hybridized carbons (Fsp3) is 0.316. The van der Waals surface area contributed by atoms with Crippen molar-refractivity contribution in [3.63, 3.8) is 0 Å². The monoisotopic (exact) mass is 329 g/mol. The molecule has 0 spiro atoms. The smallest absolute Gasteiger partial charge is 0.228 e. The van der Waals surface area contributed by atoms with Crippen molar-refractivity contribution < 1.29 is 9.53 Å². The lowest BCUT2D eigenvalue weighted by molar-refractivity contribution is -0.117. The van der Waals surface area contributed by atoms with Crippen LogP contribution in [0.3, 0.4) is 0 Å². The van der Waals surface area contributed by atoms with E-state index in [9.17, 15) is 4.79 Å². The molecular formula is C19H20ClNO2. The maximum Gasteiger partial charge on any atom is 0.228 e. The van der Waals surface area contributed by atoms with Crippen LogP contribution < -0.4 is 10.1 Å². The number of rotatable bonds is 6. The molecule has 1 saturated carbocycles. The maximum absolute atomic E-state index is 12.4. The average molecular weight is 330 g/mol. The minimum Gasteiger partial charge on any atom is -0.494 e. The highest BCUT2D eigenvalue weighted by Gasteiger charge is 2.44. The Morgan fingerprint density at radius 3 is 2.87 bits per heavy atom. The van der Waals surface area contributed by atoms with Crippen molar-refractivity contribution in [2.45, 2.75) is 25.7 Å². The van der Waals surface area contributed by atoms with Crippen molar-refractivity contribution >= 4 is 23.2 Å². The number of anilines is 1. The highest BCUT2D eigenvalue weighted by Crippen LogP contribution is 2.50. The molecule has 1 N–H and O–H groups in total. The Bertz CT molecular complexity index is 701. The molecule has 4 heteroatoms. The number of carbonyl (C=O) groups excluding carboxylic acids is 1. The van der Waals surface area contributed by atoms with Crippen LogP contribution in [0.2, 0.25) is 5.02 Å². The molecule has 1 amide bonds. The zero-order valence-corrected chi connectivity index (χ0v) is 13.8. The van der Waals surface area contributed by atoms with E-state index < -0.39 is 0 Å². The van der Waals surface area contributed by atoms with Crippen LogP contribution >= 0.6 is 11.6 Å². The number of carbonyl (C=O) groups is 1. The Kier molecular flexibility index (Phi) is 4.87. The Labute approximate surface area is 141 Å². The van der Waals surface area contributed by atoms with Crippen molar-refractivity contribution in [3.8, 4) is 5.75 Å². The molecule has 0 aromatic heterocycles. The van der Waals surface area contributed by atoms with Crippen LogP contribution in [0.25, 0.3) is 0 Å². The largest absolute Gasteiger partial charge is 0.494 e. The number of hydrogen-bond donors (Lipinski definition) is 1. The summed E-state index contributed by atoms with van der Waals surface area (Å²) in [4.78, 5) is 12.4. The van der Waals surface area contributed by atoms with E-state index in [0.717, 1.165) is 34.9 Å². The van der Waals surface area contributed by atoms with Gasteiger partial charge in [0, 0.05) is 22.7 Å². The second kappa shape index (κ2) is 7.05. The summed E-state index contributed by atoms with van der Waals surface area (Å²) in [6.07, 6.45) is 1.81. The van der Waals surface area contributed by atoms with Crippen LogP contribution in [0, 0.1) is 5.92 Å². The average Bonchev–Trinajstić information content (AvgIpc) is 3.34. The van der Waals surface area contributed by atoms with Gasteiger partial charge in [0.15, 0.2) is 0 Å². The van der Waals surface area contributed by atoms with Gasteiger partial charge in [0.25, 0.3) is 0 Å². The van der Waals surface area contributed by atoms with Gasteiger partial charge in [0.2, 0.25) is 5.91 Å². The molecule has 1 aliphatic rings. The van der Waals surface area contributed by atoms with Gasteiger partial charge in [0.05, 0.1) is 6.61 Å². The summed E-state index contributed by atoms with van der Waals surface area (Å²) in [6.45, 7) is 2.74. The lowest BCUT2D eigenvalue weighted by atomic mass is 10.1.